The molecule has 0 aliphatic carbocycles. The van der Waals surface area contributed by atoms with Crippen molar-refractivity contribution in [1.29, 1.82) is 0 Å². The predicted octanol–water partition coefficient (Wildman–Crippen LogP) is 6.15. The van der Waals surface area contributed by atoms with Crippen molar-refractivity contribution in [3.63, 3.8) is 0 Å². The summed E-state index contributed by atoms with van der Waals surface area (Å²) in [7, 11) is -6.97. The summed E-state index contributed by atoms with van der Waals surface area (Å²) in [6.07, 6.45) is 1.27. The van der Waals surface area contributed by atoms with E-state index in [1.807, 2.05) is 20.8 Å². The van der Waals surface area contributed by atoms with Gasteiger partial charge in [-0.25, -0.2) is 4.79 Å². The number of ether oxygens (including phenoxy) is 2. The lowest BCUT2D eigenvalue weighted by molar-refractivity contribution is -0.155. The lowest BCUT2D eigenvalue weighted by Gasteiger charge is -2.23. The van der Waals surface area contributed by atoms with Gasteiger partial charge in [-0.2, -0.15) is 0 Å². The van der Waals surface area contributed by atoms with E-state index in [2.05, 4.69) is 0 Å². The van der Waals surface area contributed by atoms with Gasteiger partial charge in [-0.3, -0.25) is 23.0 Å². The number of carbonyl (C=O) groups excluding carboxylic acids is 2. The maximum Gasteiger partial charge on any atom is 0.335 e. The Hall–Kier alpha value is -0.600. The highest BCUT2D eigenvalue weighted by Gasteiger charge is 2.31. The first-order valence-electron chi connectivity index (χ1n) is 12.9. The van der Waals surface area contributed by atoms with Crippen molar-refractivity contribution in [2.45, 2.75) is 112 Å². The Morgan fingerprint density at radius 2 is 1.19 bits per heavy atom. The van der Waals surface area contributed by atoms with Gasteiger partial charge in [-0.05, 0) is 67.7 Å². The van der Waals surface area contributed by atoms with Gasteiger partial charge >= 0.3 is 21.2 Å². The molecule has 0 radical (unpaired) electrons. The van der Waals surface area contributed by atoms with E-state index in [1.165, 1.54) is 13.8 Å². The SMILES string of the molecule is CCCOP(=O)(CCCCCCP(=O)(OCCOC(C)C)OC(C)C(=O)OC(C)C)OC(C)C(C)=O. The number of esters is 1. The molecule has 4 atom stereocenters. The van der Waals surface area contributed by atoms with Crippen molar-refractivity contribution in [3.05, 3.63) is 0 Å². The Bertz CT molecular complexity index is 726. The molecular weight excluding hydrogens is 510 g/mol. The third-order valence-electron chi connectivity index (χ3n) is 4.82. The van der Waals surface area contributed by atoms with Crippen LogP contribution in [0.5, 0.6) is 0 Å². The summed E-state index contributed by atoms with van der Waals surface area (Å²) in [5, 5.41) is 0. The van der Waals surface area contributed by atoms with Gasteiger partial charge in [0.15, 0.2) is 11.9 Å². The largest absolute Gasteiger partial charge is 0.461 e. The maximum absolute atomic E-state index is 13.3. The molecule has 0 fully saturated rings. The van der Waals surface area contributed by atoms with Crippen molar-refractivity contribution in [2.24, 2.45) is 0 Å². The quantitative estimate of drug-likeness (QED) is 0.0868. The molecule has 0 aromatic rings. The second-order valence-electron chi connectivity index (χ2n) is 9.26. The molecule has 10 nitrogen and oxygen atoms in total. The summed E-state index contributed by atoms with van der Waals surface area (Å²) in [5.41, 5.74) is 0. The van der Waals surface area contributed by atoms with Gasteiger partial charge < -0.3 is 18.5 Å². The van der Waals surface area contributed by atoms with Crippen LogP contribution in [-0.4, -0.2) is 68.3 Å². The summed E-state index contributed by atoms with van der Waals surface area (Å²) in [6, 6.07) is 0. The van der Waals surface area contributed by atoms with Crippen molar-refractivity contribution < 1.29 is 46.3 Å². The van der Waals surface area contributed by atoms with Gasteiger partial charge in [-0.15, -0.1) is 0 Å². The van der Waals surface area contributed by atoms with E-state index in [0.717, 1.165) is 0 Å². The van der Waals surface area contributed by atoms with E-state index in [4.69, 9.17) is 27.6 Å². The number of Topliss-reactive ketones (excluding diaryl/α,β-unsaturated/α-hetero) is 1. The number of unbranched alkanes of at least 4 members (excludes halogenated alkanes) is 3. The molecule has 0 spiro atoms. The average molecular weight is 559 g/mol. The van der Waals surface area contributed by atoms with Crippen LogP contribution in [0.1, 0.15) is 87.5 Å². The zero-order valence-electron chi connectivity index (χ0n) is 23.4. The minimum atomic E-state index is -3.58. The fraction of sp³-hybridized carbons (Fsp3) is 0.917. The Morgan fingerprint density at radius 1 is 0.694 bits per heavy atom. The van der Waals surface area contributed by atoms with Gasteiger partial charge in [0, 0.05) is 0 Å². The molecule has 0 bridgehead atoms. The Labute approximate surface area is 217 Å². The van der Waals surface area contributed by atoms with E-state index in [-0.39, 0.29) is 50.1 Å². The van der Waals surface area contributed by atoms with Gasteiger partial charge in [0.25, 0.3) is 0 Å². The van der Waals surface area contributed by atoms with Gasteiger partial charge in [0.2, 0.25) is 0 Å². The van der Waals surface area contributed by atoms with E-state index >= 15 is 0 Å². The van der Waals surface area contributed by atoms with Crippen LogP contribution < -0.4 is 0 Å². The highest BCUT2D eigenvalue weighted by Crippen LogP contribution is 2.51. The highest BCUT2D eigenvalue weighted by molar-refractivity contribution is 7.54. The zero-order valence-corrected chi connectivity index (χ0v) is 25.1. The number of ketones is 1. The Balaban J connectivity index is 4.83. The normalized spacial score (nSPS) is 16.9. The Morgan fingerprint density at radius 3 is 1.64 bits per heavy atom. The lowest BCUT2D eigenvalue weighted by Crippen LogP contribution is -2.26. The van der Waals surface area contributed by atoms with Crippen LogP contribution >= 0.6 is 15.2 Å². The van der Waals surface area contributed by atoms with Crippen LogP contribution in [0.3, 0.4) is 0 Å². The minimum absolute atomic E-state index is 0.00791. The van der Waals surface area contributed by atoms with Gasteiger partial charge in [0.05, 0.1) is 44.4 Å². The van der Waals surface area contributed by atoms with Crippen LogP contribution in [0.2, 0.25) is 0 Å². The van der Waals surface area contributed by atoms with Crippen molar-refractivity contribution >= 4 is 26.9 Å². The molecule has 0 rings (SSSR count). The molecule has 0 heterocycles. The summed E-state index contributed by atoms with van der Waals surface area (Å²) >= 11 is 0. The fourth-order valence-electron chi connectivity index (χ4n) is 2.88. The lowest BCUT2D eigenvalue weighted by atomic mass is 10.2. The van der Waals surface area contributed by atoms with Crippen LogP contribution in [0.25, 0.3) is 0 Å². The van der Waals surface area contributed by atoms with Crippen LogP contribution in [0.4, 0.5) is 0 Å². The van der Waals surface area contributed by atoms with Crippen molar-refractivity contribution in [1.82, 2.24) is 0 Å². The maximum atomic E-state index is 13.3. The first kappa shape index (κ1) is 35.4. The molecule has 0 aromatic heterocycles. The van der Waals surface area contributed by atoms with Crippen LogP contribution in [0.15, 0.2) is 0 Å². The fourth-order valence-corrected chi connectivity index (χ4v) is 6.70. The number of hydrogen-bond donors (Lipinski definition) is 0. The van der Waals surface area contributed by atoms with E-state index < -0.39 is 33.4 Å². The first-order valence-corrected chi connectivity index (χ1v) is 16.4. The minimum Gasteiger partial charge on any atom is -0.461 e. The van der Waals surface area contributed by atoms with E-state index in [0.29, 0.717) is 32.1 Å². The molecule has 0 aromatic carbocycles. The summed E-state index contributed by atoms with van der Waals surface area (Å²) in [6.45, 7) is 14.2. The third kappa shape index (κ3) is 17.0. The Kier molecular flexibility index (Phi) is 18.3. The molecular formula is C24H48O10P2. The average Bonchev–Trinajstić information content (AvgIpc) is 2.77. The predicted molar refractivity (Wildman–Crippen MR) is 140 cm³/mol. The van der Waals surface area contributed by atoms with Gasteiger partial charge in [0.1, 0.15) is 6.10 Å². The highest BCUT2D eigenvalue weighted by atomic mass is 31.2. The van der Waals surface area contributed by atoms with Gasteiger partial charge in [-0.1, -0.05) is 19.8 Å². The topological polar surface area (TPSA) is 124 Å². The smallest absolute Gasteiger partial charge is 0.335 e. The second kappa shape index (κ2) is 18.6. The molecule has 0 aliphatic heterocycles. The number of rotatable bonds is 22. The molecule has 0 amide bonds. The molecule has 36 heavy (non-hydrogen) atoms. The van der Waals surface area contributed by atoms with E-state index in [9.17, 15) is 18.7 Å². The molecule has 12 heteroatoms. The summed E-state index contributed by atoms with van der Waals surface area (Å²) in [5.74, 6) is -0.814. The van der Waals surface area contributed by atoms with Crippen molar-refractivity contribution in [2.75, 3.05) is 32.1 Å². The monoisotopic (exact) mass is 558 g/mol. The van der Waals surface area contributed by atoms with Crippen LogP contribution in [0, 0.1) is 0 Å². The molecule has 0 aliphatic rings. The van der Waals surface area contributed by atoms with Crippen molar-refractivity contribution in [3.8, 4) is 0 Å². The molecule has 0 saturated carbocycles. The molecule has 4 unspecified atom stereocenters. The zero-order chi connectivity index (χ0) is 27.8. The molecule has 0 N–H and O–H groups in total. The number of hydrogen-bond acceptors (Lipinski definition) is 10. The first-order chi connectivity index (χ1) is 16.7. The summed E-state index contributed by atoms with van der Waals surface area (Å²) in [4.78, 5) is 23.6. The molecule has 214 valence electrons. The summed E-state index contributed by atoms with van der Waals surface area (Å²) < 4.78 is 59.0. The number of carbonyl (C=O) groups is 2. The van der Waals surface area contributed by atoms with Crippen LogP contribution in [-0.2, 0) is 46.3 Å². The standard InChI is InChI=1S/C24H48O10P2/c1-9-14-30-35(27,33-22(7)21(6)25)17-12-10-11-13-18-36(28,31-16-15-29-19(2)3)34-23(8)24(26)32-20(4)5/h19-20,22-23H,9-18H2,1-8H3. The third-order valence-corrected chi connectivity index (χ3v) is 8.98. The van der Waals surface area contributed by atoms with E-state index in [1.54, 1.807) is 20.8 Å². The second-order valence-corrected chi connectivity index (χ2v) is 13.5. The molecule has 0 saturated heterocycles.